The van der Waals surface area contributed by atoms with Crippen molar-refractivity contribution in [2.24, 2.45) is 0 Å². The highest BCUT2D eigenvalue weighted by atomic mass is 35.5. The minimum Gasteiger partial charge on any atom is -0.462 e. The SMILES string of the molecule is CCOC(=O)c1c(-c2ccc(Cl)cc2)cc([C]2[CH][CH][CH][CH]2)nc1N. The number of ether oxygens (including phenoxy) is 1. The van der Waals surface area contributed by atoms with Crippen molar-refractivity contribution in [3.05, 3.63) is 78.2 Å². The number of carbonyl (C=O) groups is 1. The second-order valence-corrected chi connectivity index (χ2v) is 5.65. The molecule has 0 saturated heterocycles. The van der Waals surface area contributed by atoms with E-state index in [4.69, 9.17) is 22.1 Å². The molecule has 121 valence electrons. The molecule has 0 aliphatic heterocycles. The fraction of sp³-hybridized carbons (Fsp3) is 0.105. The summed E-state index contributed by atoms with van der Waals surface area (Å²) < 4.78 is 5.14. The second kappa shape index (κ2) is 7.22. The summed E-state index contributed by atoms with van der Waals surface area (Å²) >= 11 is 5.97. The Bertz CT molecular complexity index is 738. The highest BCUT2D eigenvalue weighted by Crippen LogP contribution is 2.35. The van der Waals surface area contributed by atoms with E-state index in [0.717, 1.165) is 11.5 Å². The van der Waals surface area contributed by atoms with Crippen molar-refractivity contribution in [2.75, 3.05) is 12.3 Å². The number of halogens is 1. The molecular weight excluding hydrogens is 324 g/mol. The predicted octanol–water partition coefficient (Wildman–Crippen LogP) is 3.91. The number of benzene rings is 1. The molecule has 1 aliphatic rings. The number of nitrogens with two attached hydrogens (primary N) is 1. The zero-order valence-electron chi connectivity index (χ0n) is 13.1. The Hall–Kier alpha value is -2.07. The maximum absolute atomic E-state index is 12.4. The van der Waals surface area contributed by atoms with E-state index in [2.05, 4.69) is 4.98 Å². The fourth-order valence-corrected chi connectivity index (χ4v) is 2.66. The molecule has 0 bridgehead atoms. The molecule has 0 spiro atoms. The first-order chi connectivity index (χ1) is 11.6. The van der Waals surface area contributed by atoms with Crippen LogP contribution in [0.5, 0.6) is 0 Å². The van der Waals surface area contributed by atoms with E-state index < -0.39 is 5.97 Å². The molecule has 1 aromatic heterocycles. The van der Waals surface area contributed by atoms with Crippen LogP contribution in [-0.4, -0.2) is 17.6 Å². The van der Waals surface area contributed by atoms with Crippen LogP contribution >= 0.6 is 11.6 Å². The minimum absolute atomic E-state index is 0.150. The molecular formula is C19H16ClN2O2. The molecule has 1 aliphatic carbocycles. The van der Waals surface area contributed by atoms with Gasteiger partial charge in [0.2, 0.25) is 0 Å². The van der Waals surface area contributed by atoms with Crippen LogP contribution in [0.25, 0.3) is 11.1 Å². The van der Waals surface area contributed by atoms with E-state index in [1.807, 2.05) is 43.9 Å². The first kappa shape index (κ1) is 16.8. The number of aromatic nitrogens is 1. The lowest BCUT2D eigenvalue weighted by molar-refractivity contribution is 0.0528. The van der Waals surface area contributed by atoms with Gasteiger partial charge in [0.1, 0.15) is 11.4 Å². The third-order valence-electron chi connectivity index (χ3n) is 3.64. The highest BCUT2D eigenvalue weighted by Gasteiger charge is 2.25. The van der Waals surface area contributed by atoms with Crippen LogP contribution in [0.15, 0.2) is 30.3 Å². The largest absolute Gasteiger partial charge is 0.462 e. The van der Waals surface area contributed by atoms with Crippen molar-refractivity contribution in [2.45, 2.75) is 6.92 Å². The van der Waals surface area contributed by atoms with Crippen molar-refractivity contribution in [1.82, 2.24) is 4.98 Å². The molecule has 3 rings (SSSR count). The Morgan fingerprint density at radius 1 is 1.21 bits per heavy atom. The quantitative estimate of drug-likeness (QED) is 0.857. The van der Waals surface area contributed by atoms with Crippen LogP contribution in [0.4, 0.5) is 5.82 Å². The van der Waals surface area contributed by atoms with Gasteiger partial charge < -0.3 is 10.5 Å². The molecule has 24 heavy (non-hydrogen) atoms. The van der Waals surface area contributed by atoms with E-state index in [-0.39, 0.29) is 18.0 Å². The number of nitrogen functional groups attached to an aromatic ring is 1. The Labute approximate surface area is 147 Å². The minimum atomic E-state index is -0.485. The molecule has 1 saturated carbocycles. The third-order valence-corrected chi connectivity index (χ3v) is 3.89. The monoisotopic (exact) mass is 339 g/mol. The van der Waals surface area contributed by atoms with Gasteiger partial charge in [-0.05, 0) is 56.4 Å². The Kier molecular flexibility index (Phi) is 5.05. The van der Waals surface area contributed by atoms with Gasteiger partial charge in [-0.2, -0.15) is 0 Å². The Morgan fingerprint density at radius 2 is 1.88 bits per heavy atom. The summed E-state index contributed by atoms with van der Waals surface area (Å²) in [7, 11) is 0. The van der Waals surface area contributed by atoms with Gasteiger partial charge in [-0.3, -0.25) is 0 Å². The van der Waals surface area contributed by atoms with Crippen molar-refractivity contribution >= 4 is 23.4 Å². The van der Waals surface area contributed by atoms with Gasteiger partial charge in [-0.15, -0.1) is 0 Å². The summed E-state index contributed by atoms with van der Waals surface area (Å²) in [5.74, 6) is 0.603. The van der Waals surface area contributed by atoms with Gasteiger partial charge in [0, 0.05) is 16.5 Å². The van der Waals surface area contributed by atoms with Crippen molar-refractivity contribution in [1.29, 1.82) is 0 Å². The van der Waals surface area contributed by atoms with Gasteiger partial charge in [-0.1, -0.05) is 23.7 Å². The molecule has 1 fully saturated rings. The summed E-state index contributed by atoms with van der Waals surface area (Å²) in [6.07, 6.45) is 7.73. The van der Waals surface area contributed by atoms with Gasteiger partial charge in [0.15, 0.2) is 0 Å². The first-order valence-corrected chi connectivity index (χ1v) is 7.93. The number of rotatable bonds is 4. The van der Waals surface area contributed by atoms with Gasteiger partial charge >= 0.3 is 5.97 Å². The molecule has 1 heterocycles. The fourth-order valence-electron chi connectivity index (χ4n) is 2.53. The standard InChI is InChI=1S/C19H16ClN2O2/c1-2-24-19(23)17-15(12-7-9-14(20)10-8-12)11-16(22-18(17)21)13-5-3-4-6-13/h3-11H,2H2,1H3,(H2,21,22). The van der Waals surface area contributed by atoms with Crippen LogP contribution in [-0.2, 0) is 4.74 Å². The topological polar surface area (TPSA) is 65.2 Å². The Morgan fingerprint density at radius 3 is 2.50 bits per heavy atom. The van der Waals surface area contributed by atoms with Crippen LogP contribution in [0.1, 0.15) is 23.0 Å². The number of nitrogens with zero attached hydrogens (tertiary/aromatic N) is 1. The number of carbonyl (C=O) groups excluding carboxylic acids is 1. The van der Waals surface area contributed by atoms with Gasteiger partial charge in [0.05, 0.1) is 12.3 Å². The zero-order chi connectivity index (χ0) is 17.1. The molecule has 0 amide bonds. The zero-order valence-corrected chi connectivity index (χ0v) is 13.9. The smallest absolute Gasteiger partial charge is 0.342 e. The second-order valence-electron chi connectivity index (χ2n) is 5.22. The molecule has 1 aromatic carbocycles. The number of esters is 1. The van der Waals surface area contributed by atoms with Gasteiger partial charge in [-0.25, -0.2) is 9.78 Å². The first-order valence-electron chi connectivity index (χ1n) is 7.55. The molecule has 0 unspecified atom stereocenters. The summed E-state index contributed by atoms with van der Waals surface area (Å²) in [6.45, 7) is 2.02. The Balaban J connectivity index is 2.13. The van der Waals surface area contributed by atoms with Crippen molar-refractivity contribution in [3.8, 4) is 11.1 Å². The van der Waals surface area contributed by atoms with E-state index in [1.165, 1.54) is 0 Å². The molecule has 5 radical (unpaired) electrons. The number of hydrogen-bond donors (Lipinski definition) is 1. The maximum atomic E-state index is 12.4. The van der Waals surface area contributed by atoms with Crippen LogP contribution in [0, 0.1) is 31.6 Å². The maximum Gasteiger partial charge on any atom is 0.342 e. The van der Waals surface area contributed by atoms with E-state index in [0.29, 0.717) is 16.3 Å². The number of hydrogen-bond acceptors (Lipinski definition) is 4. The normalized spacial score (nSPS) is 14.8. The molecule has 4 nitrogen and oxygen atoms in total. The van der Waals surface area contributed by atoms with E-state index >= 15 is 0 Å². The van der Waals surface area contributed by atoms with Crippen LogP contribution in [0.3, 0.4) is 0 Å². The molecule has 0 atom stereocenters. The third kappa shape index (κ3) is 3.39. The average Bonchev–Trinajstić information content (AvgIpc) is 3.09. The predicted molar refractivity (Wildman–Crippen MR) is 94.6 cm³/mol. The summed E-state index contributed by atoms with van der Waals surface area (Å²) in [4.78, 5) is 16.7. The highest BCUT2D eigenvalue weighted by molar-refractivity contribution is 6.30. The lowest BCUT2D eigenvalue weighted by Crippen LogP contribution is -2.13. The summed E-state index contributed by atoms with van der Waals surface area (Å²) in [5, 5.41) is 0.620. The van der Waals surface area contributed by atoms with Crippen LogP contribution in [0.2, 0.25) is 5.02 Å². The molecule has 2 aromatic rings. The summed E-state index contributed by atoms with van der Waals surface area (Å²) in [5.41, 5.74) is 8.56. The van der Waals surface area contributed by atoms with Gasteiger partial charge in [0.25, 0.3) is 0 Å². The van der Waals surface area contributed by atoms with E-state index in [9.17, 15) is 4.79 Å². The lowest BCUT2D eigenvalue weighted by Gasteiger charge is -2.16. The lowest BCUT2D eigenvalue weighted by atomic mass is 9.95. The van der Waals surface area contributed by atoms with E-state index in [1.54, 1.807) is 19.1 Å². The number of pyridine rings is 1. The van der Waals surface area contributed by atoms with Crippen molar-refractivity contribution in [3.63, 3.8) is 0 Å². The van der Waals surface area contributed by atoms with Crippen LogP contribution < -0.4 is 5.73 Å². The average molecular weight is 340 g/mol. The summed E-state index contributed by atoms with van der Waals surface area (Å²) in [6, 6.07) is 9.07. The molecule has 2 N–H and O–H groups in total. The molecule has 5 heteroatoms. The number of anilines is 1. The van der Waals surface area contributed by atoms with Crippen molar-refractivity contribution < 1.29 is 9.53 Å².